The predicted octanol–water partition coefficient (Wildman–Crippen LogP) is 2.12. The largest absolute Gasteiger partial charge is 0.458 e. The summed E-state index contributed by atoms with van der Waals surface area (Å²) in [6, 6.07) is -0.108. The second kappa shape index (κ2) is 7.27. The molecule has 2 rings (SSSR count). The van der Waals surface area contributed by atoms with Gasteiger partial charge in [-0.1, -0.05) is 19.3 Å². The van der Waals surface area contributed by atoms with Gasteiger partial charge >= 0.3 is 12.0 Å². The molecule has 1 unspecified atom stereocenters. The third kappa shape index (κ3) is 4.19. The molecule has 2 aliphatic rings. The number of urea groups is 1. The molecule has 0 bridgehead atoms. The second-order valence-electron chi connectivity index (χ2n) is 7.78. The molecule has 0 radical (unpaired) electrons. The molecular formula is C17H31N3O4. The van der Waals surface area contributed by atoms with Crippen LogP contribution in [-0.4, -0.2) is 60.6 Å². The van der Waals surface area contributed by atoms with Gasteiger partial charge in [0, 0.05) is 20.0 Å². The van der Waals surface area contributed by atoms with Crippen LogP contribution in [-0.2, 0) is 14.3 Å². The number of amides is 2. The summed E-state index contributed by atoms with van der Waals surface area (Å²) in [6.07, 6.45) is 5.38. The SMILES string of the molecule is CN1CNC(OCC(=O)OC(C)(C)C)(C2CCCCC2)N(C)C1=O. The van der Waals surface area contributed by atoms with E-state index < -0.39 is 17.4 Å². The van der Waals surface area contributed by atoms with Gasteiger partial charge in [-0.25, -0.2) is 9.59 Å². The maximum absolute atomic E-state index is 12.5. The molecule has 0 spiro atoms. The average Bonchev–Trinajstić information content (AvgIpc) is 2.52. The van der Waals surface area contributed by atoms with E-state index in [0.717, 1.165) is 25.7 Å². The minimum atomic E-state index is -0.944. The van der Waals surface area contributed by atoms with Crippen LogP contribution in [0.15, 0.2) is 0 Å². The molecule has 1 aliphatic carbocycles. The van der Waals surface area contributed by atoms with Gasteiger partial charge in [-0.2, -0.15) is 0 Å². The van der Waals surface area contributed by atoms with Gasteiger partial charge in [0.15, 0.2) is 0 Å². The van der Waals surface area contributed by atoms with E-state index in [1.165, 1.54) is 6.42 Å². The standard InChI is InChI=1S/C17H31N3O4/c1-16(2,3)24-14(21)11-23-17(13-9-7-6-8-10-13)18-12-19(4)15(22)20(17)5/h13,18H,6-12H2,1-5H3. The topological polar surface area (TPSA) is 71.1 Å². The van der Waals surface area contributed by atoms with Gasteiger partial charge in [-0.05, 0) is 33.6 Å². The molecule has 1 heterocycles. The number of carbonyl (C=O) groups excluding carboxylic acids is 2. The lowest BCUT2D eigenvalue weighted by Gasteiger charge is -2.52. The van der Waals surface area contributed by atoms with Gasteiger partial charge < -0.3 is 14.4 Å². The first-order valence-corrected chi connectivity index (χ1v) is 8.75. The zero-order valence-corrected chi connectivity index (χ0v) is 15.6. The van der Waals surface area contributed by atoms with Gasteiger partial charge in [-0.15, -0.1) is 0 Å². The van der Waals surface area contributed by atoms with Crippen LogP contribution in [0.4, 0.5) is 4.79 Å². The first-order chi connectivity index (χ1) is 11.2. The third-order valence-corrected chi connectivity index (χ3v) is 4.67. The van der Waals surface area contributed by atoms with Crippen molar-refractivity contribution in [1.29, 1.82) is 0 Å². The molecule has 2 amide bonds. The van der Waals surface area contributed by atoms with E-state index in [4.69, 9.17) is 9.47 Å². The first kappa shape index (κ1) is 19.0. The van der Waals surface area contributed by atoms with E-state index in [9.17, 15) is 9.59 Å². The molecule has 2 fully saturated rings. The number of rotatable bonds is 4. The Hall–Kier alpha value is -1.34. The summed E-state index contributed by atoms with van der Waals surface area (Å²) >= 11 is 0. The fourth-order valence-electron chi connectivity index (χ4n) is 3.53. The first-order valence-electron chi connectivity index (χ1n) is 8.75. The highest BCUT2D eigenvalue weighted by Crippen LogP contribution is 2.37. The number of hydrogen-bond acceptors (Lipinski definition) is 5. The molecule has 7 nitrogen and oxygen atoms in total. The Morgan fingerprint density at radius 2 is 1.88 bits per heavy atom. The number of nitrogens with one attached hydrogen (secondary N) is 1. The number of ether oxygens (including phenoxy) is 2. The van der Waals surface area contributed by atoms with E-state index in [1.54, 1.807) is 23.9 Å². The second-order valence-corrected chi connectivity index (χ2v) is 7.78. The molecule has 1 N–H and O–H groups in total. The lowest BCUT2D eigenvalue weighted by atomic mass is 9.84. The van der Waals surface area contributed by atoms with E-state index in [-0.39, 0.29) is 18.6 Å². The van der Waals surface area contributed by atoms with Gasteiger partial charge in [-0.3, -0.25) is 10.2 Å². The van der Waals surface area contributed by atoms with Crippen LogP contribution in [0.3, 0.4) is 0 Å². The molecule has 0 aromatic carbocycles. The highest BCUT2D eigenvalue weighted by molar-refractivity contribution is 5.75. The van der Waals surface area contributed by atoms with Crippen LogP contribution in [0.25, 0.3) is 0 Å². The Labute approximate surface area is 144 Å². The minimum absolute atomic E-state index is 0.108. The van der Waals surface area contributed by atoms with Crippen LogP contribution in [0.2, 0.25) is 0 Å². The molecular weight excluding hydrogens is 310 g/mol. The van der Waals surface area contributed by atoms with Crippen molar-refractivity contribution in [2.75, 3.05) is 27.4 Å². The maximum Gasteiger partial charge on any atom is 0.332 e. The highest BCUT2D eigenvalue weighted by atomic mass is 16.6. The van der Waals surface area contributed by atoms with Crippen LogP contribution in [0.5, 0.6) is 0 Å². The van der Waals surface area contributed by atoms with E-state index in [0.29, 0.717) is 6.67 Å². The molecule has 138 valence electrons. The molecule has 1 saturated heterocycles. The van der Waals surface area contributed by atoms with E-state index in [1.807, 2.05) is 20.8 Å². The number of carbonyl (C=O) groups is 2. The molecule has 0 aromatic rings. The number of esters is 1. The van der Waals surface area contributed by atoms with Crippen molar-refractivity contribution in [2.45, 2.75) is 64.3 Å². The normalized spacial score (nSPS) is 26.6. The minimum Gasteiger partial charge on any atom is -0.458 e. The fourth-order valence-corrected chi connectivity index (χ4v) is 3.53. The summed E-state index contributed by atoms with van der Waals surface area (Å²) < 4.78 is 11.4. The summed E-state index contributed by atoms with van der Waals surface area (Å²) in [5.41, 5.74) is -0.555. The summed E-state index contributed by atoms with van der Waals surface area (Å²) in [7, 11) is 3.47. The molecule has 1 atom stereocenters. The molecule has 1 saturated carbocycles. The van der Waals surface area contributed by atoms with Crippen molar-refractivity contribution < 1.29 is 19.1 Å². The summed E-state index contributed by atoms with van der Waals surface area (Å²) in [5, 5.41) is 3.35. The van der Waals surface area contributed by atoms with Crippen LogP contribution >= 0.6 is 0 Å². The Balaban J connectivity index is 2.14. The van der Waals surface area contributed by atoms with Gasteiger partial charge in [0.1, 0.15) is 12.2 Å². The fraction of sp³-hybridized carbons (Fsp3) is 0.882. The lowest BCUT2D eigenvalue weighted by Crippen LogP contribution is -2.73. The number of nitrogens with zero attached hydrogens (tertiary/aromatic N) is 2. The van der Waals surface area contributed by atoms with Crippen molar-refractivity contribution in [3.05, 3.63) is 0 Å². The molecule has 0 aromatic heterocycles. The zero-order chi connectivity index (χ0) is 18.0. The van der Waals surface area contributed by atoms with Crippen molar-refractivity contribution >= 4 is 12.0 Å². The van der Waals surface area contributed by atoms with E-state index in [2.05, 4.69) is 5.32 Å². The van der Waals surface area contributed by atoms with Gasteiger partial charge in [0.05, 0.1) is 6.67 Å². The maximum atomic E-state index is 12.5. The Bertz CT molecular complexity index is 471. The Morgan fingerprint density at radius 3 is 2.46 bits per heavy atom. The van der Waals surface area contributed by atoms with Gasteiger partial charge in [0.2, 0.25) is 5.85 Å². The van der Waals surface area contributed by atoms with Crippen molar-refractivity contribution in [3.8, 4) is 0 Å². The van der Waals surface area contributed by atoms with Crippen LogP contribution in [0, 0.1) is 5.92 Å². The Morgan fingerprint density at radius 1 is 1.25 bits per heavy atom. The summed E-state index contributed by atoms with van der Waals surface area (Å²) in [6.45, 7) is 5.69. The monoisotopic (exact) mass is 341 g/mol. The van der Waals surface area contributed by atoms with E-state index >= 15 is 0 Å². The van der Waals surface area contributed by atoms with Crippen LogP contribution in [0.1, 0.15) is 52.9 Å². The highest BCUT2D eigenvalue weighted by Gasteiger charge is 2.49. The molecule has 1 aliphatic heterocycles. The molecule has 7 heteroatoms. The smallest absolute Gasteiger partial charge is 0.332 e. The van der Waals surface area contributed by atoms with Crippen molar-refractivity contribution in [2.24, 2.45) is 5.92 Å². The Kier molecular flexibility index (Phi) is 5.75. The summed E-state index contributed by atoms with van der Waals surface area (Å²) in [5.74, 6) is -1.20. The average molecular weight is 341 g/mol. The quantitative estimate of drug-likeness (QED) is 0.793. The number of hydrogen-bond donors (Lipinski definition) is 1. The van der Waals surface area contributed by atoms with Gasteiger partial charge in [0.25, 0.3) is 0 Å². The predicted molar refractivity (Wildman–Crippen MR) is 90.0 cm³/mol. The lowest BCUT2D eigenvalue weighted by molar-refractivity contribution is -0.219. The summed E-state index contributed by atoms with van der Waals surface area (Å²) in [4.78, 5) is 27.8. The molecule has 24 heavy (non-hydrogen) atoms. The van der Waals surface area contributed by atoms with Crippen LogP contribution < -0.4 is 5.32 Å². The third-order valence-electron chi connectivity index (χ3n) is 4.67. The zero-order valence-electron chi connectivity index (χ0n) is 15.6. The van der Waals surface area contributed by atoms with Crippen molar-refractivity contribution in [3.63, 3.8) is 0 Å². The van der Waals surface area contributed by atoms with Crippen molar-refractivity contribution in [1.82, 2.24) is 15.1 Å².